The highest BCUT2D eigenvalue weighted by Gasteiger charge is 2.39. The number of aromatic carboxylic acids is 1. The molecule has 148 valence electrons. The van der Waals surface area contributed by atoms with Gasteiger partial charge in [-0.3, -0.25) is 19.0 Å². The Balaban J connectivity index is 2.58. The summed E-state index contributed by atoms with van der Waals surface area (Å²) in [7, 11) is 0. The highest BCUT2D eigenvalue weighted by molar-refractivity contribution is 6.03. The van der Waals surface area contributed by atoms with Crippen molar-refractivity contribution in [3.8, 4) is 11.6 Å². The molecule has 0 bridgehead atoms. The fourth-order valence-corrected chi connectivity index (χ4v) is 3.37. The zero-order chi connectivity index (χ0) is 20.4. The Morgan fingerprint density at radius 1 is 1.19 bits per heavy atom. The van der Waals surface area contributed by atoms with Crippen LogP contribution in [-0.4, -0.2) is 50.9 Å². The average molecular weight is 382 g/mol. The number of carbonyl (C=O) groups excluding carboxylic acids is 2. The minimum atomic E-state index is -1.69. The maximum Gasteiger partial charge on any atom is 0.345 e. The molecule has 0 radical (unpaired) electrons. The summed E-state index contributed by atoms with van der Waals surface area (Å²) in [5, 5.41) is 32.0. The van der Waals surface area contributed by atoms with E-state index >= 15 is 0 Å². The van der Waals surface area contributed by atoms with Gasteiger partial charge in [-0.25, -0.2) is 4.79 Å². The molecule has 1 aliphatic carbocycles. The second kappa shape index (κ2) is 7.68. The van der Waals surface area contributed by atoms with E-state index in [2.05, 4.69) is 10.1 Å². The zero-order valence-corrected chi connectivity index (χ0v) is 15.1. The van der Waals surface area contributed by atoms with E-state index in [1.807, 2.05) is 0 Å². The fourth-order valence-electron chi connectivity index (χ4n) is 3.37. The third-order valence-electron chi connectivity index (χ3n) is 4.69. The third-order valence-corrected chi connectivity index (χ3v) is 4.69. The normalized spacial score (nSPS) is 15.3. The van der Waals surface area contributed by atoms with Crippen LogP contribution in [-0.2, 0) is 15.1 Å². The van der Waals surface area contributed by atoms with Crippen molar-refractivity contribution in [2.45, 2.75) is 45.1 Å². The largest absolute Gasteiger partial charge is 0.506 e. The molecule has 27 heavy (non-hydrogen) atoms. The number of nitrogens with one attached hydrogen (secondary N) is 1. The van der Waals surface area contributed by atoms with Crippen molar-refractivity contribution < 1.29 is 34.4 Å². The van der Waals surface area contributed by atoms with Crippen molar-refractivity contribution in [2.24, 2.45) is 0 Å². The molecule has 1 aromatic rings. The van der Waals surface area contributed by atoms with E-state index in [-0.39, 0.29) is 6.61 Å². The van der Waals surface area contributed by atoms with Gasteiger partial charge in [0, 0.05) is 5.54 Å². The quantitative estimate of drug-likeness (QED) is 0.520. The lowest BCUT2D eigenvalue weighted by atomic mass is 9.98. The van der Waals surface area contributed by atoms with Crippen molar-refractivity contribution >= 4 is 17.8 Å². The smallest absolute Gasteiger partial charge is 0.345 e. The molecule has 10 heteroatoms. The number of nitrogens with zero attached hydrogens (tertiary/aromatic N) is 1. The van der Waals surface area contributed by atoms with Crippen molar-refractivity contribution in [1.82, 2.24) is 9.88 Å². The molecule has 0 unspecified atom stereocenters. The van der Waals surface area contributed by atoms with Gasteiger partial charge < -0.3 is 25.4 Å². The first-order chi connectivity index (χ1) is 12.6. The first-order valence-electron chi connectivity index (χ1n) is 8.52. The molecule has 0 saturated heterocycles. The number of amides is 1. The Kier molecular flexibility index (Phi) is 5.77. The number of pyridine rings is 1. The minimum absolute atomic E-state index is 0.0908. The Morgan fingerprint density at radius 2 is 1.78 bits per heavy atom. The maximum absolute atomic E-state index is 12.9. The van der Waals surface area contributed by atoms with Gasteiger partial charge in [0.1, 0.15) is 12.1 Å². The van der Waals surface area contributed by atoms with Gasteiger partial charge in [-0.05, 0) is 26.7 Å². The van der Waals surface area contributed by atoms with Gasteiger partial charge in [-0.2, -0.15) is 0 Å². The Morgan fingerprint density at radius 3 is 2.30 bits per heavy atom. The molecule has 0 atom stereocenters. The van der Waals surface area contributed by atoms with E-state index < -0.39 is 58.2 Å². The molecular formula is C17H22N2O8. The summed E-state index contributed by atoms with van der Waals surface area (Å²) in [6.45, 7) is 2.77. The summed E-state index contributed by atoms with van der Waals surface area (Å²) in [5.41, 5.74) is -3.71. The summed E-state index contributed by atoms with van der Waals surface area (Å²) in [6, 6.07) is 0. The van der Waals surface area contributed by atoms with E-state index in [0.29, 0.717) is 12.8 Å². The van der Waals surface area contributed by atoms with E-state index in [9.17, 15) is 34.5 Å². The molecule has 10 nitrogen and oxygen atoms in total. The second-order valence-corrected chi connectivity index (χ2v) is 6.56. The van der Waals surface area contributed by atoms with Gasteiger partial charge >= 0.3 is 11.9 Å². The van der Waals surface area contributed by atoms with Crippen LogP contribution < -0.4 is 10.9 Å². The number of aromatic hydroxyl groups is 2. The number of carboxylic acids is 1. The van der Waals surface area contributed by atoms with Crippen LogP contribution in [0.2, 0.25) is 0 Å². The molecule has 0 spiro atoms. The molecule has 1 amide bonds. The van der Waals surface area contributed by atoms with E-state index in [4.69, 9.17) is 0 Å². The number of hydrogen-bond acceptors (Lipinski definition) is 7. The van der Waals surface area contributed by atoms with Crippen LogP contribution >= 0.6 is 0 Å². The van der Waals surface area contributed by atoms with Crippen LogP contribution in [0, 0.1) is 0 Å². The van der Waals surface area contributed by atoms with E-state index in [0.717, 1.165) is 17.4 Å². The topological polar surface area (TPSA) is 155 Å². The highest BCUT2D eigenvalue weighted by atomic mass is 16.5. The first-order valence-corrected chi connectivity index (χ1v) is 8.52. The Labute approximate surface area is 154 Å². The Bertz CT molecular complexity index is 836. The summed E-state index contributed by atoms with van der Waals surface area (Å²) in [5.74, 6) is -5.64. The number of esters is 1. The summed E-state index contributed by atoms with van der Waals surface area (Å²) < 4.78 is 5.51. The zero-order valence-electron chi connectivity index (χ0n) is 15.1. The number of ether oxygens (including phenoxy) is 1. The van der Waals surface area contributed by atoms with Crippen molar-refractivity contribution in [1.29, 1.82) is 0 Å². The molecule has 2 rings (SSSR count). The molecule has 4 N–H and O–H groups in total. The first kappa shape index (κ1) is 20.3. The highest BCUT2D eigenvalue weighted by Crippen LogP contribution is 2.40. The van der Waals surface area contributed by atoms with Gasteiger partial charge in [-0.15, -0.1) is 0 Å². The van der Waals surface area contributed by atoms with Crippen LogP contribution in [0.15, 0.2) is 4.79 Å². The predicted molar refractivity (Wildman–Crippen MR) is 92.1 cm³/mol. The molecule has 1 aliphatic rings. The van der Waals surface area contributed by atoms with Crippen LogP contribution in [0.25, 0.3) is 0 Å². The number of aromatic nitrogens is 1. The van der Waals surface area contributed by atoms with Crippen LogP contribution in [0.5, 0.6) is 11.6 Å². The molecule has 0 aromatic carbocycles. The van der Waals surface area contributed by atoms with Crippen LogP contribution in [0.1, 0.15) is 60.2 Å². The maximum atomic E-state index is 12.9. The Hall–Kier alpha value is -3.04. The fraction of sp³-hybridized carbons (Fsp3) is 0.529. The van der Waals surface area contributed by atoms with Crippen LogP contribution in [0.3, 0.4) is 0 Å². The number of carboxylic acid groups (broad SMARTS) is 1. The van der Waals surface area contributed by atoms with Gasteiger partial charge in [0.15, 0.2) is 11.3 Å². The molecule has 0 aliphatic heterocycles. The number of hydrogen-bond donors (Lipinski definition) is 4. The van der Waals surface area contributed by atoms with E-state index in [1.54, 1.807) is 13.8 Å². The molecule has 1 heterocycles. The minimum Gasteiger partial charge on any atom is -0.506 e. The molecule has 1 saturated carbocycles. The lowest BCUT2D eigenvalue weighted by Gasteiger charge is -2.29. The van der Waals surface area contributed by atoms with Crippen LogP contribution in [0.4, 0.5) is 0 Å². The summed E-state index contributed by atoms with van der Waals surface area (Å²) in [4.78, 5) is 48.1. The van der Waals surface area contributed by atoms with Gasteiger partial charge in [-0.1, -0.05) is 12.8 Å². The third kappa shape index (κ3) is 3.74. The molecular weight excluding hydrogens is 360 g/mol. The van der Waals surface area contributed by atoms with Crippen molar-refractivity contribution in [3.05, 3.63) is 21.5 Å². The standard InChI is InChI=1S/C17H22N2O8/c1-3-27-9(20)8-18-13(22)10-12(21)11(16(25)26)15(24)19(14(10)23)17(2)6-4-5-7-17/h21,24H,3-8H2,1-2H3,(H,18,22)(H,25,26). The lowest BCUT2D eigenvalue weighted by Crippen LogP contribution is -2.42. The van der Waals surface area contributed by atoms with Gasteiger partial charge in [0.25, 0.3) is 11.5 Å². The summed E-state index contributed by atoms with van der Waals surface area (Å²) >= 11 is 0. The monoisotopic (exact) mass is 382 g/mol. The number of carbonyl (C=O) groups is 3. The summed E-state index contributed by atoms with van der Waals surface area (Å²) in [6.07, 6.45) is 2.51. The lowest BCUT2D eigenvalue weighted by molar-refractivity contribution is -0.141. The molecule has 1 aromatic heterocycles. The SMILES string of the molecule is CCOC(=O)CNC(=O)c1c(O)c(C(=O)O)c(O)n(C2(C)CCCC2)c1=O. The van der Waals surface area contributed by atoms with E-state index in [1.165, 1.54) is 0 Å². The van der Waals surface area contributed by atoms with Crippen molar-refractivity contribution in [2.75, 3.05) is 13.2 Å². The van der Waals surface area contributed by atoms with Crippen molar-refractivity contribution in [3.63, 3.8) is 0 Å². The number of rotatable bonds is 6. The van der Waals surface area contributed by atoms with Gasteiger partial charge in [0.05, 0.1) is 6.61 Å². The van der Waals surface area contributed by atoms with Gasteiger partial charge in [0.2, 0.25) is 5.88 Å². The predicted octanol–water partition coefficient (Wildman–Crippen LogP) is 0.540. The second-order valence-electron chi connectivity index (χ2n) is 6.56. The average Bonchev–Trinajstić information content (AvgIpc) is 2.99. The molecule has 1 fully saturated rings.